The molecule has 1 atom stereocenters. The van der Waals surface area contributed by atoms with Crippen LogP contribution in [-0.4, -0.2) is 0 Å². The van der Waals surface area contributed by atoms with Crippen LogP contribution in [0.25, 0.3) is 0 Å². The molecule has 0 heterocycles. The van der Waals surface area contributed by atoms with Crippen molar-refractivity contribution in [1.82, 2.24) is 5.32 Å². The Labute approximate surface area is 129 Å². The number of nitrogens with one attached hydrogen (secondary N) is 1. The molecule has 0 spiro atoms. The first-order valence-electron chi connectivity index (χ1n) is 7.92. The zero-order valence-electron chi connectivity index (χ0n) is 13.7. The van der Waals surface area contributed by atoms with Crippen molar-refractivity contribution in [2.75, 3.05) is 0 Å². The summed E-state index contributed by atoms with van der Waals surface area (Å²) in [6.07, 6.45) is 1.16. The van der Waals surface area contributed by atoms with Crippen molar-refractivity contribution in [2.24, 2.45) is 5.92 Å². The van der Waals surface area contributed by atoms with Crippen LogP contribution >= 0.6 is 0 Å². The number of hydrogen-bond donors (Lipinski definition) is 1. The van der Waals surface area contributed by atoms with Crippen molar-refractivity contribution in [2.45, 2.75) is 46.7 Å². The highest BCUT2D eigenvalue weighted by atomic mass is 14.9. The standard InChI is InChI=1S/C20H27N/c1-15(2)12-18-8-10-19(11-9-18)14-21-17(4)20-7-5-6-16(3)13-20/h5-11,13,15,17,21H,12,14H2,1-4H3/t17-/m1/s1. The van der Waals surface area contributed by atoms with E-state index in [2.05, 4.69) is 81.5 Å². The zero-order chi connectivity index (χ0) is 15.2. The van der Waals surface area contributed by atoms with Crippen LogP contribution in [0.4, 0.5) is 0 Å². The molecule has 0 amide bonds. The first-order valence-corrected chi connectivity index (χ1v) is 7.92. The van der Waals surface area contributed by atoms with Crippen molar-refractivity contribution in [1.29, 1.82) is 0 Å². The van der Waals surface area contributed by atoms with Crippen LogP contribution in [-0.2, 0) is 13.0 Å². The largest absolute Gasteiger partial charge is 0.306 e. The molecule has 0 unspecified atom stereocenters. The SMILES string of the molecule is Cc1cccc([C@@H](C)NCc2ccc(CC(C)C)cc2)c1. The molecule has 0 aromatic heterocycles. The Morgan fingerprint density at radius 2 is 1.57 bits per heavy atom. The Balaban J connectivity index is 1.90. The Morgan fingerprint density at radius 3 is 2.19 bits per heavy atom. The fourth-order valence-electron chi connectivity index (χ4n) is 2.59. The molecular formula is C20H27N. The maximum Gasteiger partial charge on any atom is 0.0295 e. The van der Waals surface area contributed by atoms with Gasteiger partial charge < -0.3 is 5.32 Å². The van der Waals surface area contributed by atoms with Crippen molar-refractivity contribution in [3.8, 4) is 0 Å². The van der Waals surface area contributed by atoms with Gasteiger partial charge in [-0.15, -0.1) is 0 Å². The third kappa shape index (κ3) is 5.02. The van der Waals surface area contributed by atoms with E-state index in [1.165, 1.54) is 22.3 Å². The summed E-state index contributed by atoms with van der Waals surface area (Å²) in [5, 5.41) is 3.60. The molecule has 0 aliphatic carbocycles. The van der Waals surface area contributed by atoms with E-state index in [1.54, 1.807) is 0 Å². The first-order chi connectivity index (χ1) is 10.0. The van der Waals surface area contributed by atoms with Gasteiger partial charge in [0.1, 0.15) is 0 Å². The number of aryl methyl sites for hydroxylation is 1. The van der Waals surface area contributed by atoms with Crippen LogP contribution in [0, 0.1) is 12.8 Å². The van der Waals surface area contributed by atoms with Crippen LogP contribution in [0.15, 0.2) is 48.5 Å². The minimum Gasteiger partial charge on any atom is -0.306 e. The smallest absolute Gasteiger partial charge is 0.0295 e. The van der Waals surface area contributed by atoms with Crippen LogP contribution in [0.2, 0.25) is 0 Å². The normalized spacial score (nSPS) is 12.6. The maximum absolute atomic E-state index is 3.60. The van der Waals surface area contributed by atoms with Gasteiger partial charge in [-0.2, -0.15) is 0 Å². The predicted octanol–water partition coefficient (Wildman–Crippen LogP) is 5.04. The molecule has 112 valence electrons. The lowest BCUT2D eigenvalue weighted by molar-refractivity contribution is 0.574. The summed E-state index contributed by atoms with van der Waals surface area (Å²) in [5.74, 6) is 0.718. The highest BCUT2D eigenvalue weighted by Crippen LogP contribution is 2.15. The Bertz CT molecular complexity index is 554. The summed E-state index contributed by atoms with van der Waals surface area (Å²) in [6, 6.07) is 18.1. The summed E-state index contributed by atoms with van der Waals surface area (Å²) in [6.45, 7) is 9.81. The van der Waals surface area contributed by atoms with E-state index in [4.69, 9.17) is 0 Å². The molecule has 0 saturated carbocycles. The highest BCUT2D eigenvalue weighted by molar-refractivity contribution is 5.26. The van der Waals surface area contributed by atoms with Crippen molar-refractivity contribution < 1.29 is 0 Å². The second kappa shape index (κ2) is 7.42. The number of rotatable bonds is 6. The van der Waals surface area contributed by atoms with E-state index in [-0.39, 0.29) is 0 Å². The van der Waals surface area contributed by atoms with E-state index in [9.17, 15) is 0 Å². The van der Waals surface area contributed by atoms with Gasteiger partial charge in [-0.05, 0) is 42.9 Å². The summed E-state index contributed by atoms with van der Waals surface area (Å²) in [4.78, 5) is 0. The molecule has 1 N–H and O–H groups in total. The maximum atomic E-state index is 3.60. The molecule has 0 aliphatic rings. The Hall–Kier alpha value is -1.60. The van der Waals surface area contributed by atoms with E-state index in [0.29, 0.717) is 6.04 Å². The van der Waals surface area contributed by atoms with Gasteiger partial charge in [-0.25, -0.2) is 0 Å². The van der Waals surface area contributed by atoms with Gasteiger partial charge in [0.15, 0.2) is 0 Å². The molecule has 21 heavy (non-hydrogen) atoms. The molecular weight excluding hydrogens is 254 g/mol. The third-order valence-electron chi connectivity index (χ3n) is 3.82. The predicted molar refractivity (Wildman–Crippen MR) is 91.4 cm³/mol. The summed E-state index contributed by atoms with van der Waals surface area (Å²) in [7, 11) is 0. The van der Waals surface area contributed by atoms with Crippen LogP contribution in [0.5, 0.6) is 0 Å². The molecule has 0 saturated heterocycles. The minimum absolute atomic E-state index is 0.375. The summed E-state index contributed by atoms with van der Waals surface area (Å²) in [5.41, 5.74) is 5.45. The molecule has 0 aliphatic heterocycles. The van der Waals surface area contributed by atoms with Crippen molar-refractivity contribution >= 4 is 0 Å². The average molecular weight is 281 g/mol. The molecule has 2 aromatic carbocycles. The van der Waals surface area contributed by atoms with Crippen molar-refractivity contribution in [3.63, 3.8) is 0 Å². The van der Waals surface area contributed by atoms with Crippen LogP contribution in [0.3, 0.4) is 0 Å². The molecule has 0 fully saturated rings. The fourth-order valence-corrected chi connectivity index (χ4v) is 2.59. The Kier molecular flexibility index (Phi) is 5.58. The topological polar surface area (TPSA) is 12.0 Å². The highest BCUT2D eigenvalue weighted by Gasteiger charge is 2.05. The lowest BCUT2D eigenvalue weighted by atomic mass is 10.0. The lowest BCUT2D eigenvalue weighted by Crippen LogP contribution is -2.18. The minimum atomic E-state index is 0.375. The van der Waals surface area contributed by atoms with E-state index < -0.39 is 0 Å². The molecule has 0 radical (unpaired) electrons. The zero-order valence-corrected chi connectivity index (χ0v) is 13.7. The van der Waals surface area contributed by atoms with Gasteiger partial charge in [0.2, 0.25) is 0 Å². The van der Waals surface area contributed by atoms with E-state index in [1.807, 2.05) is 0 Å². The summed E-state index contributed by atoms with van der Waals surface area (Å²) < 4.78 is 0. The molecule has 1 nitrogen and oxygen atoms in total. The molecule has 1 heteroatoms. The van der Waals surface area contributed by atoms with Crippen LogP contribution in [0.1, 0.15) is 49.1 Å². The lowest BCUT2D eigenvalue weighted by Gasteiger charge is -2.15. The van der Waals surface area contributed by atoms with Gasteiger partial charge in [-0.3, -0.25) is 0 Å². The quantitative estimate of drug-likeness (QED) is 0.781. The number of benzene rings is 2. The second-order valence-corrected chi connectivity index (χ2v) is 6.43. The van der Waals surface area contributed by atoms with E-state index >= 15 is 0 Å². The first kappa shape index (κ1) is 15.8. The summed E-state index contributed by atoms with van der Waals surface area (Å²) >= 11 is 0. The van der Waals surface area contributed by atoms with Gasteiger partial charge in [0, 0.05) is 12.6 Å². The fraction of sp³-hybridized carbons (Fsp3) is 0.400. The molecule has 2 aromatic rings. The monoisotopic (exact) mass is 281 g/mol. The average Bonchev–Trinajstić information content (AvgIpc) is 2.45. The number of hydrogen-bond acceptors (Lipinski definition) is 1. The molecule has 2 rings (SSSR count). The van der Waals surface area contributed by atoms with Crippen molar-refractivity contribution in [3.05, 3.63) is 70.8 Å². The van der Waals surface area contributed by atoms with Gasteiger partial charge in [-0.1, -0.05) is 67.9 Å². The molecule has 0 bridgehead atoms. The van der Waals surface area contributed by atoms with E-state index in [0.717, 1.165) is 18.9 Å². The second-order valence-electron chi connectivity index (χ2n) is 6.43. The third-order valence-corrected chi connectivity index (χ3v) is 3.82. The van der Waals surface area contributed by atoms with Gasteiger partial charge in [0.05, 0.1) is 0 Å². The van der Waals surface area contributed by atoms with Gasteiger partial charge in [0.25, 0.3) is 0 Å². The van der Waals surface area contributed by atoms with Crippen LogP contribution < -0.4 is 5.32 Å². The van der Waals surface area contributed by atoms with Gasteiger partial charge >= 0.3 is 0 Å². The Morgan fingerprint density at radius 1 is 0.905 bits per heavy atom.